The van der Waals surface area contributed by atoms with Gasteiger partial charge in [-0.1, -0.05) is 78.9 Å². The summed E-state index contributed by atoms with van der Waals surface area (Å²) in [6.07, 6.45) is 0. The third kappa shape index (κ3) is 5.85. The molecule has 0 aliphatic heterocycles. The van der Waals surface area contributed by atoms with E-state index >= 15 is 0 Å². The topological polar surface area (TPSA) is 69.6 Å². The molecular formula is C28H25FN2O3. The monoisotopic (exact) mass is 456 g/mol. The van der Waals surface area contributed by atoms with Crippen molar-refractivity contribution in [3.63, 3.8) is 0 Å². The molecule has 2 N–H and O–H groups in total. The van der Waals surface area contributed by atoms with E-state index in [1.54, 1.807) is 4.90 Å². The summed E-state index contributed by atoms with van der Waals surface area (Å²) in [5.41, 5.74) is 2.32. The van der Waals surface area contributed by atoms with Crippen LogP contribution in [-0.4, -0.2) is 28.4 Å². The number of carboxylic acids is 1. The van der Waals surface area contributed by atoms with Crippen LogP contribution in [0.5, 0.6) is 0 Å². The molecule has 1 amide bonds. The van der Waals surface area contributed by atoms with Gasteiger partial charge in [-0.3, -0.25) is 14.5 Å². The van der Waals surface area contributed by atoms with Crippen molar-refractivity contribution in [1.82, 2.24) is 10.2 Å². The van der Waals surface area contributed by atoms with Gasteiger partial charge in [0.2, 0.25) is 5.91 Å². The highest BCUT2D eigenvalue weighted by molar-refractivity contribution is 5.85. The van der Waals surface area contributed by atoms with Crippen LogP contribution in [0.3, 0.4) is 0 Å². The Morgan fingerprint density at radius 3 is 2.21 bits per heavy atom. The summed E-state index contributed by atoms with van der Waals surface area (Å²) in [6.45, 7) is 0.187. The Hall–Kier alpha value is -4.03. The molecule has 5 nitrogen and oxygen atoms in total. The van der Waals surface area contributed by atoms with Gasteiger partial charge in [0.25, 0.3) is 0 Å². The second kappa shape index (κ2) is 10.7. The number of fused-ring (bicyclic) bond motifs is 1. The van der Waals surface area contributed by atoms with Gasteiger partial charge in [-0.05, 0) is 45.7 Å². The Balaban J connectivity index is 1.60. The number of hydrogen-bond donors (Lipinski definition) is 2. The van der Waals surface area contributed by atoms with Gasteiger partial charge in [0.1, 0.15) is 11.9 Å². The molecule has 0 bridgehead atoms. The molecule has 0 fully saturated rings. The summed E-state index contributed by atoms with van der Waals surface area (Å²) in [6, 6.07) is 28.0. The highest BCUT2D eigenvalue weighted by Crippen LogP contribution is 2.24. The number of amides is 1. The van der Waals surface area contributed by atoms with Gasteiger partial charge in [0, 0.05) is 13.1 Å². The van der Waals surface area contributed by atoms with Gasteiger partial charge in [0.05, 0.1) is 6.54 Å². The fraction of sp³-hybridized carbons (Fsp3) is 0.143. The fourth-order valence-electron chi connectivity index (χ4n) is 4.04. The van der Waals surface area contributed by atoms with Crippen molar-refractivity contribution in [2.75, 3.05) is 6.54 Å². The standard InChI is InChI=1S/C28H25FN2O3/c29-25-14-12-23(13-15-25)27(31(19-26(32)33)18-20-6-2-1-3-7-20)28(34)30-17-21-10-11-22-8-4-5-9-24(22)16-21/h1-16,27H,17-19H2,(H,30,34)(H,32,33). The number of nitrogens with zero attached hydrogens (tertiary/aromatic N) is 1. The molecule has 0 radical (unpaired) electrons. The lowest BCUT2D eigenvalue weighted by Crippen LogP contribution is -2.42. The largest absolute Gasteiger partial charge is 0.480 e. The Morgan fingerprint density at radius 1 is 0.824 bits per heavy atom. The van der Waals surface area contributed by atoms with Crippen LogP contribution in [0.4, 0.5) is 4.39 Å². The maximum Gasteiger partial charge on any atom is 0.317 e. The zero-order valence-corrected chi connectivity index (χ0v) is 18.5. The van der Waals surface area contributed by atoms with Crippen LogP contribution in [0, 0.1) is 5.82 Å². The first-order valence-electron chi connectivity index (χ1n) is 11.0. The Bertz CT molecular complexity index is 1280. The van der Waals surface area contributed by atoms with Crippen LogP contribution >= 0.6 is 0 Å². The predicted molar refractivity (Wildman–Crippen MR) is 129 cm³/mol. The molecule has 0 aliphatic rings. The van der Waals surface area contributed by atoms with Gasteiger partial charge in [-0.2, -0.15) is 0 Å². The molecule has 0 spiro atoms. The van der Waals surface area contributed by atoms with Crippen LogP contribution in [0.15, 0.2) is 97.1 Å². The second-order valence-corrected chi connectivity index (χ2v) is 8.14. The summed E-state index contributed by atoms with van der Waals surface area (Å²) < 4.78 is 13.6. The molecule has 4 aromatic carbocycles. The molecule has 1 unspecified atom stereocenters. The van der Waals surface area contributed by atoms with E-state index in [9.17, 15) is 19.1 Å². The fourth-order valence-corrected chi connectivity index (χ4v) is 4.04. The van der Waals surface area contributed by atoms with Gasteiger partial charge in [0.15, 0.2) is 0 Å². The maximum atomic E-state index is 13.6. The van der Waals surface area contributed by atoms with Crippen LogP contribution in [0.2, 0.25) is 0 Å². The third-order valence-electron chi connectivity index (χ3n) is 5.65. The van der Waals surface area contributed by atoms with Gasteiger partial charge in [-0.25, -0.2) is 4.39 Å². The van der Waals surface area contributed by atoms with E-state index < -0.39 is 17.8 Å². The molecule has 172 valence electrons. The van der Waals surface area contributed by atoms with E-state index in [0.717, 1.165) is 21.9 Å². The Labute approximate surface area is 197 Å². The van der Waals surface area contributed by atoms with E-state index in [0.29, 0.717) is 5.56 Å². The van der Waals surface area contributed by atoms with Crippen LogP contribution in [0.1, 0.15) is 22.7 Å². The number of carbonyl (C=O) groups excluding carboxylic acids is 1. The van der Waals surface area contributed by atoms with Crippen molar-refractivity contribution < 1.29 is 19.1 Å². The first-order chi connectivity index (χ1) is 16.5. The normalized spacial score (nSPS) is 11.9. The zero-order valence-electron chi connectivity index (χ0n) is 18.5. The summed E-state index contributed by atoms with van der Waals surface area (Å²) >= 11 is 0. The molecule has 0 aliphatic carbocycles. The molecule has 0 aromatic heterocycles. The van der Waals surface area contributed by atoms with Gasteiger partial charge in [-0.15, -0.1) is 0 Å². The lowest BCUT2D eigenvalue weighted by molar-refractivity contribution is -0.140. The number of rotatable bonds is 9. The molecule has 0 saturated heterocycles. The van der Waals surface area contributed by atoms with Crippen molar-refractivity contribution in [3.05, 3.63) is 120 Å². The lowest BCUT2D eigenvalue weighted by atomic mass is 10.0. The van der Waals surface area contributed by atoms with Crippen LogP contribution in [-0.2, 0) is 22.7 Å². The summed E-state index contributed by atoms with van der Waals surface area (Å²) in [7, 11) is 0. The summed E-state index contributed by atoms with van der Waals surface area (Å²) in [5.74, 6) is -1.82. The Morgan fingerprint density at radius 2 is 1.50 bits per heavy atom. The molecule has 4 rings (SSSR count). The average molecular weight is 457 g/mol. The van der Waals surface area contributed by atoms with E-state index in [1.165, 1.54) is 24.3 Å². The number of aliphatic carboxylic acids is 1. The van der Waals surface area contributed by atoms with Crippen molar-refractivity contribution in [1.29, 1.82) is 0 Å². The number of carbonyl (C=O) groups is 2. The van der Waals surface area contributed by atoms with Crippen molar-refractivity contribution in [2.45, 2.75) is 19.1 Å². The average Bonchev–Trinajstić information content (AvgIpc) is 2.84. The zero-order chi connectivity index (χ0) is 23.9. The number of hydrogen-bond acceptors (Lipinski definition) is 3. The molecule has 0 heterocycles. The highest BCUT2D eigenvalue weighted by Gasteiger charge is 2.29. The van der Waals surface area contributed by atoms with Crippen molar-refractivity contribution >= 4 is 22.6 Å². The first-order valence-corrected chi connectivity index (χ1v) is 11.0. The van der Waals surface area contributed by atoms with Crippen LogP contribution in [0.25, 0.3) is 10.8 Å². The minimum absolute atomic E-state index is 0.249. The van der Waals surface area contributed by atoms with Crippen molar-refractivity contribution in [3.8, 4) is 0 Å². The summed E-state index contributed by atoms with van der Waals surface area (Å²) in [5, 5.41) is 14.7. The molecule has 0 saturated carbocycles. The number of halogens is 1. The highest BCUT2D eigenvalue weighted by atomic mass is 19.1. The van der Waals surface area contributed by atoms with E-state index in [1.807, 2.05) is 72.8 Å². The smallest absolute Gasteiger partial charge is 0.317 e. The minimum atomic E-state index is -1.05. The van der Waals surface area contributed by atoms with E-state index in [-0.39, 0.29) is 25.5 Å². The first kappa shape index (κ1) is 23.1. The van der Waals surface area contributed by atoms with Crippen molar-refractivity contribution in [2.24, 2.45) is 0 Å². The summed E-state index contributed by atoms with van der Waals surface area (Å²) in [4.78, 5) is 26.7. The van der Waals surface area contributed by atoms with Gasteiger partial charge < -0.3 is 10.4 Å². The molecule has 34 heavy (non-hydrogen) atoms. The maximum absolute atomic E-state index is 13.6. The minimum Gasteiger partial charge on any atom is -0.480 e. The Kier molecular flexibility index (Phi) is 7.30. The lowest BCUT2D eigenvalue weighted by Gasteiger charge is -2.30. The number of benzene rings is 4. The third-order valence-corrected chi connectivity index (χ3v) is 5.65. The number of nitrogens with one attached hydrogen (secondary N) is 1. The van der Waals surface area contributed by atoms with Gasteiger partial charge >= 0.3 is 5.97 Å². The van der Waals surface area contributed by atoms with E-state index in [2.05, 4.69) is 5.32 Å². The molecular weight excluding hydrogens is 431 g/mol. The predicted octanol–water partition coefficient (Wildman–Crippen LogP) is 4.92. The van der Waals surface area contributed by atoms with Crippen LogP contribution < -0.4 is 5.32 Å². The quantitative estimate of drug-likeness (QED) is 0.375. The second-order valence-electron chi connectivity index (χ2n) is 8.14. The molecule has 6 heteroatoms. The molecule has 1 atom stereocenters. The SMILES string of the molecule is O=C(O)CN(Cc1ccccc1)C(C(=O)NCc1ccc2ccccc2c1)c1ccc(F)cc1. The molecule has 4 aromatic rings. The van der Waals surface area contributed by atoms with E-state index in [4.69, 9.17) is 0 Å². The number of carboxylic acid groups (broad SMARTS) is 1.